The number of sulfonamides is 1. The first-order valence-electron chi connectivity index (χ1n) is 5.96. The lowest BCUT2D eigenvalue weighted by atomic mass is 10.1. The van der Waals surface area contributed by atoms with E-state index in [2.05, 4.69) is 15.4 Å². The van der Waals surface area contributed by atoms with Gasteiger partial charge in [0.25, 0.3) is 11.6 Å². The zero-order valence-electron chi connectivity index (χ0n) is 11.5. The van der Waals surface area contributed by atoms with Crippen LogP contribution >= 0.6 is 0 Å². The van der Waals surface area contributed by atoms with Crippen LogP contribution in [0.2, 0.25) is 0 Å². The fourth-order valence-electron chi connectivity index (χ4n) is 1.54. The van der Waals surface area contributed by atoms with Crippen molar-refractivity contribution in [3.8, 4) is 0 Å². The summed E-state index contributed by atoms with van der Waals surface area (Å²) in [6.07, 6.45) is 0. The molecular weight excluding hydrogens is 300 g/mol. The molecule has 0 fully saturated rings. The Labute approximate surface area is 121 Å². The van der Waals surface area contributed by atoms with Gasteiger partial charge in [-0.15, -0.1) is 0 Å². The van der Waals surface area contributed by atoms with Crippen molar-refractivity contribution in [2.24, 2.45) is 0 Å². The number of amides is 1. The third kappa shape index (κ3) is 4.68. The maximum atomic E-state index is 11.8. The minimum atomic E-state index is -3.39. The smallest absolute Gasteiger partial charge is 0.292 e. The molecular formula is C11H16N4O5S. The molecule has 0 bridgehead atoms. The first-order chi connectivity index (χ1) is 9.80. The third-order valence-electron chi connectivity index (χ3n) is 2.69. The summed E-state index contributed by atoms with van der Waals surface area (Å²) in [5.74, 6) is -0.756. The van der Waals surface area contributed by atoms with Gasteiger partial charge in [-0.1, -0.05) is 0 Å². The second kappa shape index (κ2) is 6.99. The van der Waals surface area contributed by atoms with E-state index in [1.54, 1.807) is 0 Å². The van der Waals surface area contributed by atoms with Gasteiger partial charge in [0, 0.05) is 25.2 Å². The van der Waals surface area contributed by atoms with E-state index in [1.165, 1.54) is 32.3 Å². The van der Waals surface area contributed by atoms with E-state index in [-0.39, 0.29) is 29.2 Å². The van der Waals surface area contributed by atoms with Crippen LogP contribution in [0.1, 0.15) is 10.4 Å². The molecule has 0 heterocycles. The van der Waals surface area contributed by atoms with Gasteiger partial charge in [-0.2, -0.15) is 0 Å². The topological polar surface area (TPSA) is 130 Å². The zero-order valence-corrected chi connectivity index (χ0v) is 12.4. The molecule has 0 saturated carbocycles. The molecule has 10 heteroatoms. The van der Waals surface area contributed by atoms with Gasteiger partial charge in [0.15, 0.2) is 0 Å². The predicted molar refractivity (Wildman–Crippen MR) is 77.8 cm³/mol. The van der Waals surface area contributed by atoms with Gasteiger partial charge in [-0.25, -0.2) is 13.1 Å². The van der Waals surface area contributed by atoms with Gasteiger partial charge in [0.2, 0.25) is 10.0 Å². The summed E-state index contributed by atoms with van der Waals surface area (Å²) in [6.45, 7) is -0.0616. The van der Waals surface area contributed by atoms with Crippen LogP contribution in [0.5, 0.6) is 0 Å². The van der Waals surface area contributed by atoms with Crippen LogP contribution in [0.25, 0.3) is 0 Å². The predicted octanol–water partition coefficient (Wildman–Crippen LogP) is -0.0845. The van der Waals surface area contributed by atoms with Crippen LogP contribution in [0.4, 0.5) is 11.4 Å². The second-order valence-corrected chi connectivity index (χ2v) is 6.06. The Morgan fingerprint density at radius 2 is 2.00 bits per heavy atom. The number of nitro groups is 1. The summed E-state index contributed by atoms with van der Waals surface area (Å²) >= 11 is 0. The van der Waals surface area contributed by atoms with Crippen molar-refractivity contribution in [2.45, 2.75) is 0 Å². The molecule has 1 aromatic carbocycles. The molecule has 0 aromatic heterocycles. The molecule has 3 N–H and O–H groups in total. The number of carbonyl (C=O) groups is 1. The Balaban J connectivity index is 2.77. The minimum absolute atomic E-state index is 0.0616. The SMILES string of the molecule is CNc1cc(C(=O)NCCS(=O)(=O)NC)ccc1[N+](=O)[O-]. The number of rotatable bonds is 7. The number of benzene rings is 1. The molecule has 21 heavy (non-hydrogen) atoms. The summed E-state index contributed by atoms with van der Waals surface area (Å²) in [5, 5.41) is 15.8. The van der Waals surface area contributed by atoms with Gasteiger partial charge >= 0.3 is 0 Å². The molecule has 0 unspecified atom stereocenters. The zero-order chi connectivity index (χ0) is 16.0. The standard InChI is InChI=1S/C11H16N4O5S/c1-12-9-7-8(3-4-10(9)15(17)18)11(16)14-5-6-21(19,20)13-2/h3-4,7,12-13H,5-6H2,1-2H3,(H,14,16). The monoisotopic (exact) mass is 316 g/mol. The lowest BCUT2D eigenvalue weighted by Gasteiger charge is -2.07. The molecule has 0 saturated heterocycles. The van der Waals surface area contributed by atoms with E-state index in [4.69, 9.17) is 0 Å². The normalized spacial score (nSPS) is 11.0. The Morgan fingerprint density at radius 3 is 2.52 bits per heavy atom. The highest BCUT2D eigenvalue weighted by Gasteiger charge is 2.16. The molecule has 0 aliphatic carbocycles. The van der Waals surface area contributed by atoms with Crippen molar-refractivity contribution >= 4 is 27.3 Å². The molecule has 1 aromatic rings. The quantitative estimate of drug-likeness (QED) is 0.476. The summed E-state index contributed by atoms with van der Waals surface area (Å²) < 4.78 is 24.5. The van der Waals surface area contributed by atoms with Crippen molar-refractivity contribution in [3.63, 3.8) is 0 Å². The highest BCUT2D eigenvalue weighted by atomic mass is 32.2. The highest BCUT2D eigenvalue weighted by Crippen LogP contribution is 2.24. The molecule has 9 nitrogen and oxygen atoms in total. The Bertz CT molecular complexity index is 644. The average molecular weight is 316 g/mol. The highest BCUT2D eigenvalue weighted by molar-refractivity contribution is 7.89. The van der Waals surface area contributed by atoms with Crippen LogP contribution < -0.4 is 15.4 Å². The molecule has 0 aliphatic rings. The molecule has 0 radical (unpaired) electrons. The average Bonchev–Trinajstić information content (AvgIpc) is 2.46. The molecule has 0 aliphatic heterocycles. The van der Waals surface area contributed by atoms with Gasteiger partial charge in [-0.05, 0) is 19.2 Å². The number of anilines is 1. The van der Waals surface area contributed by atoms with Crippen molar-refractivity contribution in [3.05, 3.63) is 33.9 Å². The van der Waals surface area contributed by atoms with Crippen molar-refractivity contribution in [2.75, 3.05) is 31.7 Å². The third-order valence-corrected chi connectivity index (χ3v) is 4.06. The maximum absolute atomic E-state index is 11.8. The fraction of sp³-hybridized carbons (Fsp3) is 0.364. The fourth-order valence-corrected chi connectivity index (χ4v) is 2.11. The number of hydrogen-bond donors (Lipinski definition) is 3. The summed E-state index contributed by atoms with van der Waals surface area (Å²) in [5.41, 5.74) is 0.258. The summed E-state index contributed by atoms with van der Waals surface area (Å²) in [6, 6.07) is 3.85. The lowest BCUT2D eigenvalue weighted by molar-refractivity contribution is -0.383. The van der Waals surface area contributed by atoms with E-state index in [1.807, 2.05) is 0 Å². The van der Waals surface area contributed by atoms with Crippen LogP contribution in [-0.4, -0.2) is 45.6 Å². The molecule has 0 spiro atoms. The van der Waals surface area contributed by atoms with Crippen LogP contribution in [0.3, 0.4) is 0 Å². The number of nitro benzene ring substituents is 1. The van der Waals surface area contributed by atoms with Gasteiger partial charge < -0.3 is 10.6 Å². The second-order valence-electron chi connectivity index (χ2n) is 4.02. The Morgan fingerprint density at radius 1 is 1.33 bits per heavy atom. The van der Waals surface area contributed by atoms with Crippen LogP contribution in [0.15, 0.2) is 18.2 Å². The number of carbonyl (C=O) groups excluding carboxylic acids is 1. The first-order valence-corrected chi connectivity index (χ1v) is 7.61. The number of hydrogen-bond acceptors (Lipinski definition) is 6. The van der Waals surface area contributed by atoms with Crippen molar-refractivity contribution in [1.82, 2.24) is 10.0 Å². The molecule has 0 atom stereocenters. The van der Waals surface area contributed by atoms with Crippen molar-refractivity contribution < 1.29 is 18.1 Å². The summed E-state index contributed by atoms with van der Waals surface area (Å²) in [7, 11) is -0.607. The van der Waals surface area contributed by atoms with Gasteiger partial charge in [0.05, 0.1) is 10.7 Å². The molecule has 1 amide bonds. The Kier molecular flexibility index (Phi) is 5.61. The minimum Gasteiger partial charge on any atom is -0.383 e. The van der Waals surface area contributed by atoms with Crippen molar-refractivity contribution in [1.29, 1.82) is 0 Å². The van der Waals surface area contributed by atoms with Crippen LogP contribution in [-0.2, 0) is 10.0 Å². The Hall–Kier alpha value is -2.20. The van der Waals surface area contributed by atoms with E-state index >= 15 is 0 Å². The first kappa shape index (κ1) is 16.9. The number of nitrogens with one attached hydrogen (secondary N) is 3. The molecule has 1 rings (SSSR count). The number of nitrogens with zero attached hydrogens (tertiary/aromatic N) is 1. The van der Waals surface area contributed by atoms with E-state index in [0.717, 1.165) is 0 Å². The van der Waals surface area contributed by atoms with E-state index in [0.29, 0.717) is 0 Å². The molecule has 116 valence electrons. The lowest BCUT2D eigenvalue weighted by Crippen LogP contribution is -2.32. The van der Waals surface area contributed by atoms with Gasteiger partial charge in [-0.3, -0.25) is 14.9 Å². The van der Waals surface area contributed by atoms with E-state index < -0.39 is 20.9 Å². The van der Waals surface area contributed by atoms with Crippen LogP contribution in [0, 0.1) is 10.1 Å². The maximum Gasteiger partial charge on any atom is 0.292 e. The van der Waals surface area contributed by atoms with E-state index in [9.17, 15) is 23.3 Å². The largest absolute Gasteiger partial charge is 0.383 e. The van der Waals surface area contributed by atoms with Gasteiger partial charge in [0.1, 0.15) is 5.69 Å². The summed E-state index contributed by atoms with van der Waals surface area (Å²) in [4.78, 5) is 22.1.